The van der Waals surface area contributed by atoms with E-state index in [9.17, 15) is 5.11 Å². The molecule has 1 heterocycles. The number of aromatic hydroxyl groups is 1. The molecule has 3 N–H and O–H groups in total. The zero-order valence-electron chi connectivity index (χ0n) is 13.1. The van der Waals surface area contributed by atoms with E-state index in [2.05, 4.69) is 20.7 Å². The van der Waals surface area contributed by atoms with Gasteiger partial charge in [0.15, 0.2) is 16.6 Å². The van der Waals surface area contributed by atoms with E-state index >= 15 is 0 Å². The molecule has 0 bridgehead atoms. The van der Waals surface area contributed by atoms with Crippen LogP contribution in [0.5, 0.6) is 11.5 Å². The molecule has 0 saturated carbocycles. The van der Waals surface area contributed by atoms with Crippen LogP contribution in [0.3, 0.4) is 0 Å². The first-order valence-electron chi connectivity index (χ1n) is 7.43. The van der Waals surface area contributed by atoms with Gasteiger partial charge in [-0.05, 0) is 36.0 Å². The van der Waals surface area contributed by atoms with Crippen LogP contribution in [0, 0.1) is 0 Å². The van der Waals surface area contributed by atoms with Crippen LogP contribution in [0.25, 0.3) is 0 Å². The fourth-order valence-corrected chi connectivity index (χ4v) is 2.30. The minimum Gasteiger partial charge on any atom is -0.504 e. The van der Waals surface area contributed by atoms with E-state index in [0.29, 0.717) is 10.9 Å². The maximum Gasteiger partial charge on any atom is 0.187 e. The van der Waals surface area contributed by atoms with E-state index < -0.39 is 0 Å². The molecule has 0 atom stereocenters. The Balaban J connectivity index is 1.68. The van der Waals surface area contributed by atoms with Gasteiger partial charge in [-0.15, -0.1) is 0 Å². The number of rotatable bonds is 6. The van der Waals surface area contributed by atoms with Gasteiger partial charge in [-0.1, -0.05) is 0 Å². The highest BCUT2D eigenvalue weighted by atomic mass is 32.1. The van der Waals surface area contributed by atoms with Crippen molar-refractivity contribution in [3.8, 4) is 11.5 Å². The van der Waals surface area contributed by atoms with Crippen LogP contribution in [-0.2, 0) is 4.74 Å². The maximum atomic E-state index is 9.68. The van der Waals surface area contributed by atoms with Gasteiger partial charge < -0.3 is 19.9 Å². The van der Waals surface area contributed by atoms with Crippen LogP contribution in [0.1, 0.15) is 5.56 Å². The van der Waals surface area contributed by atoms with E-state index in [0.717, 1.165) is 45.0 Å². The van der Waals surface area contributed by atoms with Gasteiger partial charge in [0.1, 0.15) is 0 Å². The summed E-state index contributed by atoms with van der Waals surface area (Å²) in [5, 5.41) is 17.3. The van der Waals surface area contributed by atoms with Crippen molar-refractivity contribution in [2.24, 2.45) is 5.10 Å². The topological polar surface area (TPSA) is 78.4 Å². The molecule has 0 unspecified atom stereocenters. The number of morpholine rings is 1. The Bertz CT molecular complexity index is 548. The van der Waals surface area contributed by atoms with Crippen molar-refractivity contribution >= 4 is 23.5 Å². The lowest BCUT2D eigenvalue weighted by Crippen LogP contribution is -2.42. The first-order chi connectivity index (χ1) is 11.2. The molecule has 0 aromatic heterocycles. The molecule has 0 amide bonds. The maximum absolute atomic E-state index is 9.68. The van der Waals surface area contributed by atoms with Gasteiger partial charge in [0, 0.05) is 26.2 Å². The molecule has 1 aromatic carbocycles. The first kappa shape index (κ1) is 17.5. The fourth-order valence-electron chi connectivity index (χ4n) is 2.14. The Morgan fingerprint density at radius 3 is 2.96 bits per heavy atom. The Labute approximate surface area is 141 Å². The highest BCUT2D eigenvalue weighted by molar-refractivity contribution is 7.80. The van der Waals surface area contributed by atoms with E-state index in [-0.39, 0.29) is 5.75 Å². The molecular weight excluding hydrogens is 316 g/mol. The zero-order valence-corrected chi connectivity index (χ0v) is 13.9. The molecule has 8 heteroatoms. The van der Waals surface area contributed by atoms with Crippen molar-refractivity contribution in [2.45, 2.75) is 0 Å². The summed E-state index contributed by atoms with van der Waals surface area (Å²) in [6, 6.07) is 5.03. The second kappa shape index (κ2) is 9.29. The molecule has 2 rings (SSSR count). The number of phenols is 1. The standard InChI is InChI=1S/C15H22N4O3S/c1-21-14-3-2-12(10-13(14)20)11-17-18-15(23)16-4-5-19-6-8-22-9-7-19/h2-3,10-11,20H,4-9H2,1H3,(H2,16,18,23)/b17-11+. The number of phenolic OH excluding ortho intramolecular Hbond substituents is 1. The zero-order chi connectivity index (χ0) is 16.5. The van der Waals surface area contributed by atoms with E-state index in [4.69, 9.17) is 21.7 Å². The van der Waals surface area contributed by atoms with Crippen LogP contribution < -0.4 is 15.5 Å². The SMILES string of the molecule is COc1ccc(/C=N/NC(=S)NCCN2CCOCC2)cc1O. The molecule has 1 saturated heterocycles. The average molecular weight is 338 g/mol. The van der Waals surface area contributed by atoms with E-state index in [1.807, 2.05) is 0 Å². The number of hydrogen-bond acceptors (Lipinski definition) is 6. The molecule has 1 aliphatic rings. The van der Waals surface area contributed by atoms with Gasteiger partial charge in [0.2, 0.25) is 0 Å². The largest absolute Gasteiger partial charge is 0.504 e. The van der Waals surface area contributed by atoms with Crippen molar-refractivity contribution in [1.82, 2.24) is 15.6 Å². The van der Waals surface area contributed by atoms with Crippen molar-refractivity contribution in [2.75, 3.05) is 46.5 Å². The van der Waals surface area contributed by atoms with E-state index in [1.54, 1.807) is 24.4 Å². The highest BCUT2D eigenvalue weighted by Gasteiger charge is 2.09. The van der Waals surface area contributed by atoms with E-state index in [1.165, 1.54) is 7.11 Å². The number of hydrogen-bond donors (Lipinski definition) is 3. The van der Waals surface area contributed by atoms with Gasteiger partial charge in [0.05, 0.1) is 26.5 Å². The van der Waals surface area contributed by atoms with Crippen LogP contribution in [0.2, 0.25) is 0 Å². The monoisotopic (exact) mass is 338 g/mol. The minimum atomic E-state index is 0.0719. The van der Waals surface area contributed by atoms with Crippen LogP contribution in [0.4, 0.5) is 0 Å². The molecule has 0 aliphatic carbocycles. The number of benzene rings is 1. The van der Waals surface area contributed by atoms with Gasteiger partial charge in [-0.25, -0.2) is 0 Å². The molecule has 1 fully saturated rings. The van der Waals surface area contributed by atoms with Gasteiger partial charge in [-0.3, -0.25) is 10.3 Å². The third-order valence-corrected chi connectivity index (χ3v) is 3.64. The number of ether oxygens (including phenoxy) is 2. The lowest BCUT2D eigenvalue weighted by Gasteiger charge is -2.26. The summed E-state index contributed by atoms with van der Waals surface area (Å²) in [4.78, 5) is 2.32. The predicted molar refractivity (Wildman–Crippen MR) is 93.2 cm³/mol. The highest BCUT2D eigenvalue weighted by Crippen LogP contribution is 2.25. The smallest absolute Gasteiger partial charge is 0.187 e. The molecule has 7 nitrogen and oxygen atoms in total. The Kier molecular flexibility index (Phi) is 7.05. The molecule has 0 spiro atoms. The van der Waals surface area contributed by atoms with Gasteiger partial charge >= 0.3 is 0 Å². The summed E-state index contributed by atoms with van der Waals surface area (Å²) >= 11 is 5.15. The van der Waals surface area contributed by atoms with Crippen molar-refractivity contribution in [3.63, 3.8) is 0 Å². The van der Waals surface area contributed by atoms with Crippen molar-refractivity contribution in [3.05, 3.63) is 23.8 Å². The minimum absolute atomic E-state index is 0.0719. The summed E-state index contributed by atoms with van der Waals surface area (Å²) in [7, 11) is 1.51. The fraction of sp³-hybridized carbons (Fsp3) is 0.467. The van der Waals surface area contributed by atoms with Crippen LogP contribution in [-0.4, -0.2) is 67.8 Å². The molecule has 126 valence electrons. The second-order valence-corrected chi connectivity index (χ2v) is 5.42. The summed E-state index contributed by atoms with van der Waals surface area (Å²) in [5.74, 6) is 0.498. The van der Waals surface area contributed by atoms with Gasteiger partial charge in [-0.2, -0.15) is 5.10 Å². The van der Waals surface area contributed by atoms with Crippen molar-refractivity contribution < 1.29 is 14.6 Å². The lowest BCUT2D eigenvalue weighted by atomic mass is 10.2. The number of nitrogens with zero attached hydrogens (tertiary/aromatic N) is 2. The van der Waals surface area contributed by atoms with Crippen LogP contribution >= 0.6 is 12.2 Å². The Morgan fingerprint density at radius 1 is 1.48 bits per heavy atom. The Morgan fingerprint density at radius 2 is 2.26 bits per heavy atom. The van der Waals surface area contributed by atoms with Crippen molar-refractivity contribution in [1.29, 1.82) is 0 Å². The first-order valence-corrected chi connectivity index (χ1v) is 7.84. The second-order valence-electron chi connectivity index (χ2n) is 5.01. The molecule has 1 aliphatic heterocycles. The predicted octanol–water partition coefficient (Wildman–Crippen LogP) is 0.531. The summed E-state index contributed by atoms with van der Waals surface area (Å²) in [6.07, 6.45) is 1.58. The van der Waals surface area contributed by atoms with Gasteiger partial charge in [0.25, 0.3) is 0 Å². The Hall–Kier alpha value is -1.90. The molecule has 0 radical (unpaired) electrons. The number of hydrazone groups is 1. The lowest BCUT2D eigenvalue weighted by molar-refractivity contribution is 0.0389. The third-order valence-electron chi connectivity index (χ3n) is 3.40. The number of nitrogens with one attached hydrogen (secondary N) is 2. The average Bonchev–Trinajstić information content (AvgIpc) is 2.56. The number of thiocarbonyl (C=S) groups is 1. The molecular formula is C15H22N4O3S. The number of methoxy groups -OCH3 is 1. The normalized spacial score (nSPS) is 15.5. The quantitative estimate of drug-likeness (QED) is 0.397. The molecule has 1 aromatic rings. The third kappa shape index (κ3) is 6.01. The summed E-state index contributed by atoms with van der Waals surface area (Å²) in [5.41, 5.74) is 3.49. The summed E-state index contributed by atoms with van der Waals surface area (Å²) < 4.78 is 10.3. The summed E-state index contributed by atoms with van der Waals surface area (Å²) in [6.45, 7) is 5.18. The van der Waals surface area contributed by atoms with Crippen LogP contribution in [0.15, 0.2) is 23.3 Å². The molecule has 23 heavy (non-hydrogen) atoms.